The first kappa shape index (κ1) is 20.9. The van der Waals surface area contributed by atoms with Gasteiger partial charge in [-0.2, -0.15) is 4.98 Å². The van der Waals surface area contributed by atoms with Gasteiger partial charge < -0.3 is 15.5 Å². The molecule has 2 aromatic carbocycles. The van der Waals surface area contributed by atoms with E-state index in [1.165, 1.54) is 18.4 Å². The lowest BCUT2D eigenvalue weighted by molar-refractivity contribution is 0.324. The molecule has 1 saturated carbocycles. The summed E-state index contributed by atoms with van der Waals surface area (Å²) < 4.78 is 0. The number of halogens is 1. The number of anilines is 2. The van der Waals surface area contributed by atoms with Gasteiger partial charge in [0, 0.05) is 37.1 Å². The summed E-state index contributed by atoms with van der Waals surface area (Å²) in [4.78, 5) is 11.6. The van der Waals surface area contributed by atoms with E-state index in [9.17, 15) is 0 Å². The second-order valence-corrected chi connectivity index (χ2v) is 8.77. The molecule has 158 valence electrons. The van der Waals surface area contributed by atoms with Crippen LogP contribution in [0.2, 0.25) is 5.02 Å². The lowest BCUT2D eigenvalue weighted by atomic mass is 9.86. The Labute approximate surface area is 183 Å². The minimum absolute atomic E-state index is 0.431. The monoisotopic (exact) mass is 423 g/mol. The molecular weight excluding hydrogens is 394 g/mol. The van der Waals surface area contributed by atoms with Crippen molar-refractivity contribution >= 4 is 34.3 Å². The lowest BCUT2D eigenvalue weighted by Gasteiger charge is -2.29. The highest BCUT2D eigenvalue weighted by atomic mass is 35.5. The number of hydrogen-bond donors (Lipinski definition) is 2. The summed E-state index contributed by atoms with van der Waals surface area (Å²) in [5, 5.41) is 9.10. The van der Waals surface area contributed by atoms with E-state index in [1.807, 2.05) is 44.4 Å². The third kappa shape index (κ3) is 5.02. The number of para-hydroxylation sites is 1. The minimum atomic E-state index is 0.431. The van der Waals surface area contributed by atoms with Crippen LogP contribution in [0.25, 0.3) is 10.9 Å². The Bertz CT molecular complexity index is 982. The van der Waals surface area contributed by atoms with E-state index >= 15 is 0 Å². The molecule has 0 atom stereocenters. The highest BCUT2D eigenvalue weighted by Crippen LogP contribution is 2.28. The van der Waals surface area contributed by atoms with Gasteiger partial charge in [-0.15, -0.1) is 0 Å². The van der Waals surface area contributed by atoms with Gasteiger partial charge in [0.05, 0.1) is 5.52 Å². The zero-order chi connectivity index (χ0) is 20.9. The van der Waals surface area contributed by atoms with Crippen molar-refractivity contribution < 1.29 is 0 Å². The van der Waals surface area contributed by atoms with Crippen LogP contribution in [0.5, 0.6) is 0 Å². The van der Waals surface area contributed by atoms with Gasteiger partial charge in [-0.1, -0.05) is 41.9 Å². The van der Waals surface area contributed by atoms with Crippen molar-refractivity contribution in [2.45, 2.75) is 38.3 Å². The summed E-state index contributed by atoms with van der Waals surface area (Å²) in [6, 6.07) is 16.7. The summed E-state index contributed by atoms with van der Waals surface area (Å²) in [5.41, 5.74) is 2.15. The third-order valence-corrected chi connectivity index (χ3v) is 6.26. The molecule has 0 unspecified atom stereocenters. The molecule has 1 aliphatic rings. The van der Waals surface area contributed by atoms with Gasteiger partial charge in [-0.3, -0.25) is 0 Å². The van der Waals surface area contributed by atoms with Gasteiger partial charge in [0.1, 0.15) is 5.82 Å². The highest BCUT2D eigenvalue weighted by molar-refractivity contribution is 6.31. The Kier molecular flexibility index (Phi) is 6.70. The maximum Gasteiger partial charge on any atom is 0.225 e. The van der Waals surface area contributed by atoms with Crippen molar-refractivity contribution in [3.8, 4) is 0 Å². The Morgan fingerprint density at radius 1 is 0.967 bits per heavy atom. The average Bonchev–Trinajstić information content (AvgIpc) is 2.75. The first-order valence-corrected chi connectivity index (χ1v) is 11.1. The second kappa shape index (κ2) is 9.63. The maximum absolute atomic E-state index is 6.25. The van der Waals surface area contributed by atoms with Crippen molar-refractivity contribution in [1.29, 1.82) is 0 Å². The molecule has 0 spiro atoms. The molecule has 0 radical (unpaired) electrons. The van der Waals surface area contributed by atoms with Crippen molar-refractivity contribution in [1.82, 2.24) is 15.3 Å². The summed E-state index contributed by atoms with van der Waals surface area (Å²) in [7, 11) is 4.05. The van der Waals surface area contributed by atoms with Crippen LogP contribution in [0, 0.1) is 5.92 Å². The zero-order valence-electron chi connectivity index (χ0n) is 17.7. The predicted molar refractivity (Wildman–Crippen MR) is 126 cm³/mol. The number of hydrogen-bond acceptors (Lipinski definition) is 5. The number of nitrogens with one attached hydrogen (secondary N) is 2. The van der Waals surface area contributed by atoms with E-state index in [2.05, 4.69) is 33.7 Å². The van der Waals surface area contributed by atoms with E-state index in [1.54, 1.807) is 0 Å². The molecular formula is C24H30ClN5. The Hall–Kier alpha value is -2.37. The van der Waals surface area contributed by atoms with Gasteiger partial charge in [0.25, 0.3) is 0 Å². The van der Waals surface area contributed by atoms with Gasteiger partial charge in [-0.05, 0) is 61.9 Å². The highest BCUT2D eigenvalue weighted by Gasteiger charge is 2.22. The molecule has 0 saturated heterocycles. The number of rotatable bonds is 7. The van der Waals surface area contributed by atoms with Gasteiger partial charge in [0.15, 0.2) is 0 Å². The molecule has 1 fully saturated rings. The summed E-state index contributed by atoms with van der Waals surface area (Å²) in [6.07, 6.45) is 4.71. The van der Waals surface area contributed by atoms with Crippen LogP contribution in [0.4, 0.5) is 11.8 Å². The fraction of sp³-hybridized carbons (Fsp3) is 0.417. The molecule has 1 aliphatic carbocycles. The van der Waals surface area contributed by atoms with E-state index in [0.717, 1.165) is 53.6 Å². The fourth-order valence-corrected chi connectivity index (χ4v) is 4.41. The molecule has 1 heterocycles. The minimum Gasteiger partial charge on any atom is -0.362 e. The Morgan fingerprint density at radius 2 is 1.70 bits per heavy atom. The van der Waals surface area contributed by atoms with Gasteiger partial charge >= 0.3 is 0 Å². The second-order valence-electron chi connectivity index (χ2n) is 8.37. The van der Waals surface area contributed by atoms with Crippen molar-refractivity contribution in [3.63, 3.8) is 0 Å². The molecule has 4 rings (SSSR count). The third-order valence-electron chi connectivity index (χ3n) is 5.89. The summed E-state index contributed by atoms with van der Waals surface area (Å²) in [6.45, 7) is 1.87. The molecule has 0 amide bonds. The Balaban J connectivity index is 1.30. The molecule has 0 aliphatic heterocycles. The number of aromatic nitrogens is 2. The van der Waals surface area contributed by atoms with Crippen LogP contribution in [-0.4, -0.2) is 36.6 Å². The van der Waals surface area contributed by atoms with E-state index < -0.39 is 0 Å². The van der Waals surface area contributed by atoms with Crippen LogP contribution in [0.1, 0.15) is 31.2 Å². The largest absolute Gasteiger partial charge is 0.362 e. The normalized spacial score (nSPS) is 19.0. The van der Waals surface area contributed by atoms with Crippen molar-refractivity contribution in [2.75, 3.05) is 30.9 Å². The van der Waals surface area contributed by atoms with E-state index in [4.69, 9.17) is 21.6 Å². The van der Waals surface area contributed by atoms with Crippen molar-refractivity contribution in [2.24, 2.45) is 5.92 Å². The number of fused-ring (bicyclic) bond motifs is 1. The first-order chi connectivity index (χ1) is 14.6. The first-order valence-electron chi connectivity index (χ1n) is 10.7. The molecule has 30 heavy (non-hydrogen) atoms. The van der Waals surface area contributed by atoms with E-state index in [0.29, 0.717) is 12.0 Å². The zero-order valence-corrected chi connectivity index (χ0v) is 18.5. The van der Waals surface area contributed by atoms with Crippen LogP contribution >= 0.6 is 11.6 Å². The van der Waals surface area contributed by atoms with Crippen LogP contribution in [-0.2, 0) is 6.54 Å². The number of benzene rings is 2. The topological polar surface area (TPSA) is 53.1 Å². The molecule has 2 N–H and O–H groups in total. The van der Waals surface area contributed by atoms with Crippen LogP contribution in [0.15, 0.2) is 48.5 Å². The van der Waals surface area contributed by atoms with Gasteiger partial charge in [0.2, 0.25) is 5.95 Å². The number of nitrogens with zero attached hydrogens (tertiary/aromatic N) is 3. The SMILES string of the molecule is CN(C)c1nc(NC2CCC(CNCc3ccccc3Cl)CC2)nc2ccccc12. The lowest BCUT2D eigenvalue weighted by Crippen LogP contribution is -2.31. The van der Waals surface area contributed by atoms with Gasteiger partial charge in [-0.25, -0.2) is 4.98 Å². The van der Waals surface area contributed by atoms with E-state index in [-0.39, 0.29) is 0 Å². The molecule has 0 bridgehead atoms. The molecule has 6 heteroatoms. The standard InChI is InChI=1S/C24H30ClN5/c1-30(2)23-20-8-4-6-10-22(20)28-24(29-23)27-19-13-11-17(12-14-19)15-26-16-18-7-3-5-9-21(18)25/h3-10,17,19,26H,11-16H2,1-2H3,(H,27,28,29). The quantitative estimate of drug-likeness (QED) is 0.553. The molecule has 3 aromatic rings. The average molecular weight is 424 g/mol. The van der Waals surface area contributed by atoms with Crippen LogP contribution in [0.3, 0.4) is 0 Å². The predicted octanol–water partition coefficient (Wildman–Crippen LogP) is 5.11. The smallest absolute Gasteiger partial charge is 0.225 e. The Morgan fingerprint density at radius 3 is 2.47 bits per heavy atom. The fourth-order valence-electron chi connectivity index (χ4n) is 4.21. The summed E-state index contributed by atoms with van der Waals surface area (Å²) >= 11 is 6.25. The van der Waals surface area contributed by atoms with Crippen LogP contribution < -0.4 is 15.5 Å². The molecule has 5 nitrogen and oxygen atoms in total. The summed E-state index contributed by atoms with van der Waals surface area (Å²) in [5.74, 6) is 2.40. The molecule has 1 aromatic heterocycles. The van der Waals surface area contributed by atoms with Crippen molar-refractivity contribution in [3.05, 3.63) is 59.1 Å². The maximum atomic E-state index is 6.25.